The van der Waals surface area contributed by atoms with E-state index < -0.39 is 0 Å². The first-order valence-corrected chi connectivity index (χ1v) is 8.22. The first kappa shape index (κ1) is 14.9. The van der Waals surface area contributed by atoms with Crippen LogP contribution in [0.5, 0.6) is 0 Å². The van der Waals surface area contributed by atoms with Crippen LogP contribution in [0.15, 0.2) is 5.38 Å². The highest BCUT2D eigenvalue weighted by Crippen LogP contribution is 2.36. The lowest BCUT2D eigenvalue weighted by Gasteiger charge is -2.48. The molecule has 1 atom stereocenters. The zero-order valence-corrected chi connectivity index (χ0v) is 13.5. The molecular weight excluding hydrogens is 254 g/mol. The lowest BCUT2D eigenvalue weighted by Crippen LogP contribution is -2.60. The van der Waals surface area contributed by atoms with Gasteiger partial charge in [0.15, 0.2) is 0 Å². The van der Waals surface area contributed by atoms with Crippen LogP contribution in [0.3, 0.4) is 0 Å². The Hall–Kier alpha value is -0.450. The average Bonchev–Trinajstić information content (AvgIpc) is 2.82. The number of nitrogens with zero attached hydrogens (tertiary/aromatic N) is 2. The summed E-state index contributed by atoms with van der Waals surface area (Å²) >= 11 is 1.76. The maximum absolute atomic E-state index is 4.64. The minimum absolute atomic E-state index is 0.296. The molecule has 0 aromatic carbocycles. The van der Waals surface area contributed by atoms with Crippen molar-refractivity contribution in [3.05, 3.63) is 16.1 Å². The van der Waals surface area contributed by atoms with Gasteiger partial charge in [0.1, 0.15) is 0 Å². The van der Waals surface area contributed by atoms with Crippen LogP contribution >= 0.6 is 11.3 Å². The molecule has 108 valence electrons. The number of nitrogens with one attached hydrogen (secondary N) is 1. The fourth-order valence-electron chi connectivity index (χ4n) is 3.54. The van der Waals surface area contributed by atoms with Crippen molar-refractivity contribution < 1.29 is 0 Å². The molecule has 0 aliphatic heterocycles. The predicted octanol–water partition coefficient (Wildman–Crippen LogP) is 2.85. The van der Waals surface area contributed by atoms with Gasteiger partial charge in [0, 0.05) is 23.4 Å². The fourth-order valence-corrected chi connectivity index (χ4v) is 4.17. The molecule has 19 heavy (non-hydrogen) atoms. The second-order valence-corrected chi connectivity index (χ2v) is 7.02. The van der Waals surface area contributed by atoms with Gasteiger partial charge >= 0.3 is 0 Å². The molecule has 1 unspecified atom stereocenters. The molecule has 0 amide bonds. The Labute approximate surface area is 121 Å². The summed E-state index contributed by atoms with van der Waals surface area (Å²) in [4.78, 5) is 7.09. The number of likely N-dealkylation sites (N-methyl/N-ethyl adjacent to an activating group) is 2. The van der Waals surface area contributed by atoms with Gasteiger partial charge in [-0.05, 0) is 40.9 Å². The van der Waals surface area contributed by atoms with E-state index in [0.717, 1.165) is 6.42 Å². The number of hydrogen-bond donors (Lipinski definition) is 1. The van der Waals surface area contributed by atoms with E-state index in [1.54, 1.807) is 11.3 Å². The van der Waals surface area contributed by atoms with Crippen molar-refractivity contribution >= 4 is 11.3 Å². The fraction of sp³-hybridized carbons (Fsp3) is 0.800. The summed E-state index contributed by atoms with van der Waals surface area (Å²) in [5.41, 5.74) is 1.54. The zero-order chi connectivity index (χ0) is 13.9. The quantitative estimate of drug-likeness (QED) is 0.899. The highest BCUT2D eigenvalue weighted by molar-refractivity contribution is 7.09. The number of aromatic nitrogens is 1. The lowest BCUT2D eigenvalue weighted by molar-refractivity contribution is 0.0595. The first-order valence-electron chi connectivity index (χ1n) is 7.34. The van der Waals surface area contributed by atoms with Crippen molar-refractivity contribution in [1.82, 2.24) is 15.2 Å². The van der Waals surface area contributed by atoms with Crippen LogP contribution in [0.1, 0.15) is 42.8 Å². The normalized spacial score (nSPS) is 20.7. The van der Waals surface area contributed by atoms with E-state index >= 15 is 0 Å². The summed E-state index contributed by atoms with van der Waals surface area (Å²) < 4.78 is 0. The number of thiazole rings is 1. The van der Waals surface area contributed by atoms with Gasteiger partial charge in [-0.2, -0.15) is 0 Å². The van der Waals surface area contributed by atoms with Gasteiger partial charge in [0.05, 0.1) is 10.7 Å². The Balaban J connectivity index is 2.17. The van der Waals surface area contributed by atoms with Gasteiger partial charge < -0.3 is 10.2 Å². The Bertz CT molecular complexity index is 394. The Morgan fingerprint density at radius 2 is 2.05 bits per heavy atom. The zero-order valence-electron chi connectivity index (χ0n) is 12.7. The maximum atomic E-state index is 4.64. The van der Waals surface area contributed by atoms with Gasteiger partial charge in [-0.3, -0.25) is 0 Å². The van der Waals surface area contributed by atoms with E-state index in [2.05, 4.69) is 48.6 Å². The molecule has 0 radical (unpaired) electrons. The topological polar surface area (TPSA) is 28.2 Å². The van der Waals surface area contributed by atoms with Crippen molar-refractivity contribution in [2.45, 2.75) is 57.0 Å². The number of aryl methyl sites for hydroxylation is 1. The average molecular weight is 281 g/mol. The third-order valence-corrected chi connectivity index (χ3v) is 5.51. The Morgan fingerprint density at radius 1 is 1.37 bits per heavy atom. The van der Waals surface area contributed by atoms with Crippen molar-refractivity contribution in [1.29, 1.82) is 0 Å². The molecule has 0 bridgehead atoms. The maximum Gasteiger partial charge on any atom is 0.0897 e. The van der Waals surface area contributed by atoms with E-state index in [-0.39, 0.29) is 0 Å². The third-order valence-electron chi connectivity index (χ3n) is 4.69. The van der Waals surface area contributed by atoms with E-state index in [1.165, 1.54) is 42.8 Å². The molecule has 1 aliphatic rings. The predicted molar refractivity (Wildman–Crippen MR) is 82.9 cm³/mol. The monoisotopic (exact) mass is 281 g/mol. The van der Waals surface area contributed by atoms with Crippen LogP contribution < -0.4 is 5.32 Å². The highest BCUT2D eigenvalue weighted by atomic mass is 32.1. The standard InChI is InChI=1S/C15H27N3S/c1-12-17-13(11-19-12)10-14(16-2)15(18(3)4)8-6-5-7-9-15/h11,14,16H,5-10H2,1-4H3. The van der Waals surface area contributed by atoms with E-state index in [4.69, 9.17) is 0 Å². The minimum Gasteiger partial charge on any atom is -0.315 e. The van der Waals surface area contributed by atoms with E-state index in [9.17, 15) is 0 Å². The molecule has 2 rings (SSSR count). The highest BCUT2D eigenvalue weighted by Gasteiger charge is 2.41. The molecule has 1 aromatic heterocycles. The van der Waals surface area contributed by atoms with Gasteiger partial charge in [-0.25, -0.2) is 4.98 Å². The molecule has 1 N–H and O–H groups in total. The Morgan fingerprint density at radius 3 is 2.53 bits per heavy atom. The molecule has 1 aliphatic carbocycles. The third kappa shape index (κ3) is 3.18. The first-order chi connectivity index (χ1) is 9.08. The number of rotatable bonds is 5. The van der Waals surface area contributed by atoms with Crippen molar-refractivity contribution in [2.75, 3.05) is 21.1 Å². The second kappa shape index (κ2) is 6.33. The van der Waals surface area contributed by atoms with E-state index in [1.807, 2.05) is 0 Å². The largest absolute Gasteiger partial charge is 0.315 e. The van der Waals surface area contributed by atoms with Crippen LogP contribution in [0.25, 0.3) is 0 Å². The molecular formula is C15H27N3S. The number of hydrogen-bond acceptors (Lipinski definition) is 4. The summed E-state index contributed by atoms with van der Waals surface area (Å²) in [6.07, 6.45) is 7.74. The van der Waals surface area contributed by atoms with Crippen LogP contribution in [0.2, 0.25) is 0 Å². The summed E-state index contributed by atoms with van der Waals surface area (Å²) in [5, 5.41) is 6.96. The van der Waals surface area contributed by atoms with Gasteiger partial charge in [0.25, 0.3) is 0 Å². The summed E-state index contributed by atoms with van der Waals surface area (Å²) in [6.45, 7) is 2.09. The summed E-state index contributed by atoms with van der Waals surface area (Å²) in [5.74, 6) is 0. The molecule has 4 heteroatoms. The lowest BCUT2D eigenvalue weighted by atomic mass is 9.74. The van der Waals surface area contributed by atoms with Crippen LogP contribution in [-0.4, -0.2) is 42.6 Å². The molecule has 1 heterocycles. The van der Waals surface area contributed by atoms with E-state index in [0.29, 0.717) is 11.6 Å². The van der Waals surface area contributed by atoms with Gasteiger partial charge in [-0.1, -0.05) is 19.3 Å². The second-order valence-electron chi connectivity index (χ2n) is 5.96. The minimum atomic E-state index is 0.296. The van der Waals surface area contributed by atoms with Crippen LogP contribution in [0, 0.1) is 6.92 Å². The molecule has 1 saturated carbocycles. The Kier molecular flexibility index (Phi) is 4.98. The summed E-state index contributed by atoms with van der Waals surface area (Å²) in [7, 11) is 6.58. The molecule has 1 aromatic rings. The van der Waals surface area contributed by atoms with Gasteiger partial charge in [-0.15, -0.1) is 11.3 Å². The summed E-state index contributed by atoms with van der Waals surface area (Å²) in [6, 6.07) is 0.490. The van der Waals surface area contributed by atoms with Crippen LogP contribution in [0.4, 0.5) is 0 Å². The molecule has 0 spiro atoms. The van der Waals surface area contributed by atoms with Crippen LogP contribution in [-0.2, 0) is 6.42 Å². The van der Waals surface area contributed by atoms with Crippen molar-refractivity contribution in [2.24, 2.45) is 0 Å². The van der Waals surface area contributed by atoms with Crippen molar-refractivity contribution in [3.8, 4) is 0 Å². The van der Waals surface area contributed by atoms with Crippen molar-refractivity contribution in [3.63, 3.8) is 0 Å². The smallest absolute Gasteiger partial charge is 0.0897 e. The molecule has 0 saturated heterocycles. The molecule has 3 nitrogen and oxygen atoms in total. The van der Waals surface area contributed by atoms with Gasteiger partial charge in [0.2, 0.25) is 0 Å². The molecule has 1 fully saturated rings. The SMILES string of the molecule is CNC(Cc1csc(C)n1)C1(N(C)C)CCCCC1.